The van der Waals surface area contributed by atoms with Gasteiger partial charge in [-0.25, -0.2) is 13.2 Å². The summed E-state index contributed by atoms with van der Waals surface area (Å²) in [7, 11) is -1.99. The summed E-state index contributed by atoms with van der Waals surface area (Å²) in [5.74, 6) is -0.387. The Morgan fingerprint density at radius 2 is 1.95 bits per heavy atom. The topological polar surface area (TPSA) is 98.8 Å². The van der Waals surface area contributed by atoms with Gasteiger partial charge in [0.2, 0.25) is 15.9 Å². The van der Waals surface area contributed by atoms with E-state index in [0.717, 1.165) is 10.6 Å². The lowest BCUT2D eigenvalue weighted by atomic mass is 10.2. The largest absolute Gasteiger partial charge is 0.355 e. The van der Waals surface area contributed by atoms with Crippen molar-refractivity contribution in [2.24, 2.45) is 0 Å². The quantitative estimate of drug-likeness (QED) is 0.655. The summed E-state index contributed by atoms with van der Waals surface area (Å²) in [5, 5.41) is 5.06. The molecule has 1 rings (SSSR count). The Morgan fingerprint density at radius 1 is 1.32 bits per heavy atom. The molecular weight excluding hydrogens is 272 g/mol. The number of sulfonamides is 1. The highest BCUT2D eigenvalue weighted by Gasteiger charge is 2.38. The second kappa shape index (κ2) is 6.20. The van der Waals surface area contributed by atoms with Crippen LogP contribution in [0.15, 0.2) is 0 Å². The van der Waals surface area contributed by atoms with Crippen molar-refractivity contribution in [3.05, 3.63) is 0 Å². The van der Waals surface area contributed by atoms with Gasteiger partial charge in [0.05, 0.1) is 6.26 Å². The fourth-order valence-corrected chi connectivity index (χ4v) is 3.05. The highest BCUT2D eigenvalue weighted by molar-refractivity contribution is 7.88. The Hall–Kier alpha value is -1.35. The summed E-state index contributed by atoms with van der Waals surface area (Å²) >= 11 is 0. The van der Waals surface area contributed by atoms with Gasteiger partial charge in [0.25, 0.3) is 0 Å². The van der Waals surface area contributed by atoms with E-state index in [0.29, 0.717) is 6.54 Å². The monoisotopic (exact) mass is 292 g/mol. The number of rotatable bonds is 3. The molecule has 0 aromatic carbocycles. The van der Waals surface area contributed by atoms with Crippen LogP contribution in [0.1, 0.15) is 6.92 Å². The molecule has 9 heteroatoms. The number of carbonyl (C=O) groups is 2. The number of amides is 3. The molecule has 1 unspecified atom stereocenters. The molecule has 0 saturated carbocycles. The van der Waals surface area contributed by atoms with Crippen LogP contribution in [-0.4, -0.2) is 75.1 Å². The molecule has 0 aromatic heterocycles. The van der Waals surface area contributed by atoms with E-state index in [4.69, 9.17) is 0 Å². The van der Waals surface area contributed by atoms with Gasteiger partial charge in [-0.05, 0) is 6.92 Å². The summed E-state index contributed by atoms with van der Waals surface area (Å²) < 4.78 is 24.5. The molecule has 110 valence electrons. The predicted molar refractivity (Wildman–Crippen MR) is 70.1 cm³/mol. The van der Waals surface area contributed by atoms with E-state index < -0.39 is 16.1 Å². The van der Waals surface area contributed by atoms with Crippen molar-refractivity contribution >= 4 is 22.0 Å². The zero-order valence-corrected chi connectivity index (χ0v) is 12.2. The number of hydrogen-bond donors (Lipinski definition) is 2. The molecule has 8 nitrogen and oxygen atoms in total. The molecule has 2 N–H and O–H groups in total. The van der Waals surface area contributed by atoms with Gasteiger partial charge < -0.3 is 15.5 Å². The molecule has 0 bridgehead atoms. The maximum atomic E-state index is 11.9. The molecule has 0 radical (unpaired) electrons. The van der Waals surface area contributed by atoms with E-state index in [1.165, 1.54) is 11.9 Å². The summed E-state index contributed by atoms with van der Waals surface area (Å²) in [6.07, 6.45) is 1.06. The van der Waals surface area contributed by atoms with Gasteiger partial charge in [0, 0.05) is 33.2 Å². The molecule has 0 spiro atoms. The van der Waals surface area contributed by atoms with Crippen molar-refractivity contribution in [1.82, 2.24) is 19.8 Å². The molecule has 1 aliphatic rings. The van der Waals surface area contributed by atoms with Crippen LogP contribution in [0.2, 0.25) is 0 Å². The third kappa shape index (κ3) is 3.80. The molecule has 1 heterocycles. The number of piperazine rings is 1. The van der Waals surface area contributed by atoms with E-state index in [1.54, 1.807) is 6.92 Å². The number of nitrogens with zero attached hydrogens (tertiary/aromatic N) is 2. The fraction of sp³-hybridized carbons (Fsp3) is 0.800. The van der Waals surface area contributed by atoms with Gasteiger partial charge in [0.15, 0.2) is 0 Å². The first kappa shape index (κ1) is 15.7. The number of urea groups is 1. The minimum Gasteiger partial charge on any atom is -0.355 e. The molecule has 0 aliphatic carbocycles. The van der Waals surface area contributed by atoms with Crippen molar-refractivity contribution in [2.75, 3.05) is 39.5 Å². The van der Waals surface area contributed by atoms with E-state index in [2.05, 4.69) is 10.6 Å². The number of likely N-dealkylation sites (N-methyl/N-ethyl adjacent to an activating group) is 1. The first-order chi connectivity index (χ1) is 8.81. The molecule has 1 atom stereocenters. The van der Waals surface area contributed by atoms with Crippen molar-refractivity contribution < 1.29 is 18.0 Å². The Kier molecular flexibility index (Phi) is 5.12. The first-order valence-electron chi connectivity index (χ1n) is 6.02. The predicted octanol–water partition coefficient (Wildman–Crippen LogP) is -1.59. The SMILES string of the molecule is CCNC(=O)C1CN(C(=O)NC)CCN1S(C)(=O)=O. The van der Waals surface area contributed by atoms with Gasteiger partial charge in [-0.2, -0.15) is 4.31 Å². The van der Waals surface area contributed by atoms with E-state index in [9.17, 15) is 18.0 Å². The lowest BCUT2D eigenvalue weighted by Gasteiger charge is -2.38. The van der Waals surface area contributed by atoms with Crippen molar-refractivity contribution in [3.8, 4) is 0 Å². The first-order valence-corrected chi connectivity index (χ1v) is 7.87. The van der Waals surface area contributed by atoms with Crippen LogP contribution in [-0.2, 0) is 14.8 Å². The highest BCUT2D eigenvalue weighted by atomic mass is 32.2. The van der Waals surface area contributed by atoms with Gasteiger partial charge in [0.1, 0.15) is 6.04 Å². The van der Waals surface area contributed by atoms with Crippen molar-refractivity contribution in [2.45, 2.75) is 13.0 Å². The lowest BCUT2D eigenvalue weighted by Crippen LogP contribution is -2.62. The maximum absolute atomic E-state index is 11.9. The summed E-state index contributed by atoms with van der Waals surface area (Å²) in [5.41, 5.74) is 0. The summed E-state index contributed by atoms with van der Waals surface area (Å²) in [6, 6.07) is -1.19. The van der Waals surface area contributed by atoms with Gasteiger partial charge in [-0.15, -0.1) is 0 Å². The average Bonchev–Trinajstić information content (AvgIpc) is 2.36. The average molecular weight is 292 g/mol. The second-order valence-electron chi connectivity index (χ2n) is 4.29. The fourth-order valence-electron chi connectivity index (χ4n) is 2.01. The van der Waals surface area contributed by atoms with Crippen LogP contribution >= 0.6 is 0 Å². The third-order valence-corrected chi connectivity index (χ3v) is 4.20. The van der Waals surface area contributed by atoms with Crippen molar-refractivity contribution in [3.63, 3.8) is 0 Å². The Balaban J connectivity index is 2.92. The lowest BCUT2D eigenvalue weighted by molar-refractivity contribution is -0.126. The molecular formula is C10H20N4O4S. The highest BCUT2D eigenvalue weighted by Crippen LogP contribution is 2.14. The van der Waals surface area contributed by atoms with Gasteiger partial charge >= 0.3 is 6.03 Å². The van der Waals surface area contributed by atoms with Crippen LogP contribution in [0, 0.1) is 0 Å². The minimum atomic E-state index is -3.48. The van der Waals surface area contributed by atoms with Crippen LogP contribution in [0.25, 0.3) is 0 Å². The number of nitrogens with one attached hydrogen (secondary N) is 2. The third-order valence-electron chi connectivity index (χ3n) is 2.91. The minimum absolute atomic E-state index is 0.0541. The molecule has 19 heavy (non-hydrogen) atoms. The maximum Gasteiger partial charge on any atom is 0.317 e. The molecule has 1 fully saturated rings. The summed E-state index contributed by atoms with van der Waals surface area (Å²) in [6.45, 7) is 2.60. The standard InChI is InChI=1S/C10H20N4O4S/c1-4-12-9(15)8-7-13(10(16)11-2)5-6-14(8)19(3,17)18/h8H,4-7H2,1-3H3,(H,11,16)(H,12,15). The van der Waals surface area contributed by atoms with Crippen LogP contribution in [0.3, 0.4) is 0 Å². The van der Waals surface area contributed by atoms with Crippen LogP contribution < -0.4 is 10.6 Å². The Labute approximate surface area is 113 Å². The smallest absolute Gasteiger partial charge is 0.317 e. The van der Waals surface area contributed by atoms with E-state index in [1.807, 2.05) is 0 Å². The van der Waals surface area contributed by atoms with E-state index in [-0.39, 0.29) is 31.6 Å². The zero-order chi connectivity index (χ0) is 14.6. The number of carbonyl (C=O) groups excluding carboxylic acids is 2. The molecule has 3 amide bonds. The van der Waals surface area contributed by atoms with Crippen LogP contribution in [0.4, 0.5) is 4.79 Å². The summed E-state index contributed by atoms with van der Waals surface area (Å²) in [4.78, 5) is 24.9. The number of hydrogen-bond acceptors (Lipinski definition) is 4. The molecule has 1 aliphatic heterocycles. The zero-order valence-electron chi connectivity index (χ0n) is 11.3. The molecule has 1 saturated heterocycles. The van der Waals surface area contributed by atoms with E-state index >= 15 is 0 Å². The van der Waals surface area contributed by atoms with Gasteiger partial charge in [-0.1, -0.05) is 0 Å². The normalized spacial score (nSPS) is 21.0. The Morgan fingerprint density at radius 3 is 2.42 bits per heavy atom. The van der Waals surface area contributed by atoms with Gasteiger partial charge in [-0.3, -0.25) is 4.79 Å². The second-order valence-corrected chi connectivity index (χ2v) is 6.22. The van der Waals surface area contributed by atoms with Crippen molar-refractivity contribution in [1.29, 1.82) is 0 Å². The Bertz CT molecular complexity index is 450. The van der Waals surface area contributed by atoms with Crippen LogP contribution in [0.5, 0.6) is 0 Å². The molecule has 0 aromatic rings.